The molecule has 3 aromatic rings. The van der Waals surface area contributed by atoms with E-state index in [2.05, 4.69) is 15.2 Å². The van der Waals surface area contributed by atoms with Crippen molar-refractivity contribution in [2.24, 2.45) is 0 Å². The number of rotatable bonds is 3. The minimum absolute atomic E-state index is 0.129. The Morgan fingerprint density at radius 2 is 2.03 bits per heavy atom. The highest BCUT2D eigenvalue weighted by atomic mass is 19.3. The lowest BCUT2D eigenvalue weighted by molar-refractivity contribution is 0.0609. The fourth-order valence-corrected chi connectivity index (χ4v) is 4.22. The number of hydrogen-bond acceptors (Lipinski definition) is 5. The molecule has 0 saturated heterocycles. The highest BCUT2D eigenvalue weighted by Crippen LogP contribution is 2.42. The molecule has 7 nitrogen and oxygen atoms in total. The van der Waals surface area contributed by atoms with Crippen LogP contribution >= 0.6 is 0 Å². The summed E-state index contributed by atoms with van der Waals surface area (Å²) in [7, 11) is 0. The molecule has 152 valence electrons. The van der Waals surface area contributed by atoms with Crippen LogP contribution in [-0.2, 0) is 0 Å². The number of aryl methyl sites for hydroxylation is 2. The molecule has 0 bridgehead atoms. The fraction of sp³-hybridized carbons (Fsp3) is 0.500. The van der Waals surface area contributed by atoms with Gasteiger partial charge in [0.15, 0.2) is 0 Å². The lowest BCUT2D eigenvalue weighted by atomic mass is 10.0. The largest absolute Gasteiger partial charge is 0.336 e. The topological polar surface area (TPSA) is 77.0 Å². The van der Waals surface area contributed by atoms with Gasteiger partial charge in [-0.05, 0) is 46.1 Å². The first-order chi connectivity index (χ1) is 13.8. The minimum Gasteiger partial charge on any atom is -0.336 e. The van der Waals surface area contributed by atoms with Crippen molar-refractivity contribution in [1.29, 1.82) is 0 Å². The first-order valence-electron chi connectivity index (χ1n) is 9.80. The smallest absolute Gasteiger partial charge is 0.260 e. The van der Waals surface area contributed by atoms with Crippen LogP contribution in [0.1, 0.15) is 65.6 Å². The Kier molecular flexibility index (Phi) is 3.97. The number of anilines is 1. The van der Waals surface area contributed by atoms with Gasteiger partial charge >= 0.3 is 0 Å². The van der Waals surface area contributed by atoms with Crippen molar-refractivity contribution in [2.75, 3.05) is 4.90 Å². The summed E-state index contributed by atoms with van der Waals surface area (Å²) in [4.78, 5) is 19.8. The maximum absolute atomic E-state index is 13.7. The van der Waals surface area contributed by atoms with Gasteiger partial charge in [0.05, 0.1) is 22.3 Å². The zero-order chi connectivity index (χ0) is 20.4. The number of nitrogens with zero attached hydrogens (tertiary/aromatic N) is 5. The van der Waals surface area contributed by atoms with Crippen LogP contribution < -0.4 is 4.90 Å². The summed E-state index contributed by atoms with van der Waals surface area (Å²) in [6.07, 6.45) is -0.366. The monoisotopic (exact) mass is 401 g/mol. The van der Waals surface area contributed by atoms with Crippen molar-refractivity contribution < 1.29 is 18.1 Å². The third-order valence-electron chi connectivity index (χ3n) is 5.80. The van der Waals surface area contributed by atoms with Crippen LogP contribution in [0.4, 0.5) is 14.6 Å². The van der Waals surface area contributed by atoms with E-state index in [0.29, 0.717) is 39.8 Å². The molecule has 2 aliphatic rings. The summed E-state index contributed by atoms with van der Waals surface area (Å²) >= 11 is 0. The summed E-state index contributed by atoms with van der Waals surface area (Å²) in [6, 6.07) is 2.04. The quantitative estimate of drug-likeness (QED) is 0.659. The Morgan fingerprint density at radius 1 is 1.28 bits per heavy atom. The second-order valence-electron chi connectivity index (χ2n) is 8.07. The Bertz CT molecular complexity index is 1120. The average Bonchev–Trinajstić information content (AvgIpc) is 3.36. The van der Waals surface area contributed by atoms with Gasteiger partial charge in [0, 0.05) is 23.7 Å². The second-order valence-corrected chi connectivity index (χ2v) is 8.07. The van der Waals surface area contributed by atoms with E-state index in [9.17, 15) is 13.6 Å². The van der Waals surface area contributed by atoms with E-state index in [4.69, 9.17) is 4.52 Å². The van der Waals surface area contributed by atoms with E-state index in [1.807, 2.05) is 6.07 Å². The molecule has 2 atom stereocenters. The third kappa shape index (κ3) is 2.82. The highest BCUT2D eigenvalue weighted by Gasteiger charge is 2.40. The number of hydrogen-bond donors (Lipinski definition) is 0. The maximum Gasteiger partial charge on any atom is 0.260 e. The van der Waals surface area contributed by atoms with Gasteiger partial charge < -0.3 is 4.52 Å². The summed E-state index contributed by atoms with van der Waals surface area (Å²) < 4.78 is 33.9. The molecule has 1 saturated carbocycles. The minimum atomic E-state index is -2.55. The number of pyridine rings is 1. The van der Waals surface area contributed by atoms with Gasteiger partial charge in [-0.1, -0.05) is 5.16 Å². The first-order valence-corrected chi connectivity index (χ1v) is 9.80. The van der Waals surface area contributed by atoms with Gasteiger partial charge in [-0.25, -0.2) is 18.4 Å². The highest BCUT2D eigenvalue weighted by molar-refractivity contribution is 6.13. The van der Waals surface area contributed by atoms with Crippen LogP contribution in [0.25, 0.3) is 11.1 Å². The molecular weight excluding hydrogens is 380 g/mol. The fourth-order valence-electron chi connectivity index (χ4n) is 4.22. The normalized spacial score (nSPS) is 21.8. The molecule has 5 rings (SSSR count). The van der Waals surface area contributed by atoms with E-state index in [0.717, 1.165) is 18.5 Å². The van der Waals surface area contributed by atoms with Crippen LogP contribution in [0.3, 0.4) is 0 Å². The Balaban J connectivity index is 1.65. The molecule has 0 spiro atoms. The molecule has 3 aromatic heterocycles. The number of alkyl halides is 2. The third-order valence-corrected chi connectivity index (χ3v) is 5.80. The van der Waals surface area contributed by atoms with Crippen LogP contribution in [0.15, 0.2) is 16.7 Å². The van der Waals surface area contributed by atoms with Crippen LogP contribution in [0.5, 0.6) is 0 Å². The summed E-state index contributed by atoms with van der Waals surface area (Å²) in [6.45, 7) is 5.29. The van der Waals surface area contributed by atoms with E-state index in [1.54, 1.807) is 31.7 Å². The van der Waals surface area contributed by atoms with E-state index in [-0.39, 0.29) is 12.3 Å². The SMILES string of the molecule is Cc1cc2n(n1)[C@@H](C(F)F)C[C@H](C)N2C(=O)c1cc(C2CC2)nc2onc(C)c12. The Morgan fingerprint density at radius 3 is 2.72 bits per heavy atom. The van der Waals surface area contributed by atoms with Crippen molar-refractivity contribution in [2.45, 2.75) is 64.5 Å². The van der Waals surface area contributed by atoms with Crippen LogP contribution in [-0.4, -0.2) is 38.3 Å². The Hall–Kier alpha value is -2.84. The first kappa shape index (κ1) is 18.2. The van der Waals surface area contributed by atoms with Crippen molar-refractivity contribution in [1.82, 2.24) is 19.9 Å². The zero-order valence-corrected chi connectivity index (χ0v) is 16.4. The van der Waals surface area contributed by atoms with Crippen molar-refractivity contribution in [3.05, 3.63) is 34.8 Å². The van der Waals surface area contributed by atoms with Gasteiger partial charge in [-0.15, -0.1) is 0 Å². The number of aromatic nitrogens is 4. The summed E-state index contributed by atoms with van der Waals surface area (Å²) in [5.74, 6) is 0.446. The summed E-state index contributed by atoms with van der Waals surface area (Å²) in [5, 5.41) is 8.80. The van der Waals surface area contributed by atoms with E-state index >= 15 is 0 Å². The predicted octanol–water partition coefficient (Wildman–Crippen LogP) is 4.16. The molecule has 1 fully saturated rings. The molecule has 0 radical (unpaired) electrons. The standard InChI is InChI=1S/C20H21F2N5O2/c1-9-6-16-26(10(2)7-15(18(21)22)27(16)24-9)20(28)13-8-14(12-4-5-12)23-19-17(13)11(3)25-29-19/h6,8,10,12,15,18H,4-5,7H2,1-3H3/t10-,15+/m0/s1. The molecule has 1 aliphatic heterocycles. The lowest BCUT2D eigenvalue weighted by Gasteiger charge is -2.37. The number of fused-ring (bicyclic) bond motifs is 2. The number of halogens is 2. The van der Waals surface area contributed by atoms with E-state index < -0.39 is 18.5 Å². The summed E-state index contributed by atoms with van der Waals surface area (Å²) in [5.41, 5.74) is 2.78. The zero-order valence-electron chi connectivity index (χ0n) is 16.4. The molecule has 0 aromatic carbocycles. The number of amides is 1. The molecule has 29 heavy (non-hydrogen) atoms. The average molecular weight is 401 g/mol. The van der Waals surface area contributed by atoms with E-state index in [1.165, 1.54) is 4.68 Å². The van der Waals surface area contributed by atoms with Gasteiger partial charge in [-0.2, -0.15) is 5.10 Å². The molecule has 4 heterocycles. The Labute approximate surface area is 165 Å². The lowest BCUT2D eigenvalue weighted by Crippen LogP contribution is -2.46. The van der Waals surface area contributed by atoms with Gasteiger partial charge in [0.25, 0.3) is 18.0 Å². The van der Waals surface area contributed by atoms with Gasteiger partial charge in [0.2, 0.25) is 0 Å². The molecule has 1 aliphatic carbocycles. The predicted molar refractivity (Wildman–Crippen MR) is 101 cm³/mol. The molecule has 1 amide bonds. The number of carbonyl (C=O) groups excluding carboxylic acids is 1. The van der Waals surface area contributed by atoms with Crippen LogP contribution in [0.2, 0.25) is 0 Å². The molecular formula is C20H21F2N5O2. The van der Waals surface area contributed by atoms with Crippen molar-refractivity contribution in [3.63, 3.8) is 0 Å². The molecule has 9 heteroatoms. The number of carbonyl (C=O) groups is 1. The maximum atomic E-state index is 13.7. The van der Waals surface area contributed by atoms with Gasteiger partial charge in [-0.3, -0.25) is 9.69 Å². The van der Waals surface area contributed by atoms with Crippen molar-refractivity contribution in [3.8, 4) is 0 Å². The second kappa shape index (κ2) is 6.33. The van der Waals surface area contributed by atoms with Gasteiger partial charge in [0.1, 0.15) is 11.9 Å². The van der Waals surface area contributed by atoms with Crippen molar-refractivity contribution >= 4 is 22.8 Å². The van der Waals surface area contributed by atoms with Crippen LogP contribution in [0, 0.1) is 13.8 Å². The molecule has 0 N–H and O–H groups in total. The molecule has 0 unspecified atom stereocenters.